The van der Waals surface area contributed by atoms with E-state index in [2.05, 4.69) is 5.32 Å². The lowest BCUT2D eigenvalue weighted by atomic mass is 9.91. The van der Waals surface area contributed by atoms with Crippen LogP contribution in [0.1, 0.15) is 57.7 Å². The number of carboxylic acids is 1. The number of esters is 1. The molecule has 170 valence electrons. The Kier molecular flexibility index (Phi) is 6.89. The van der Waals surface area contributed by atoms with Crippen molar-refractivity contribution in [1.29, 1.82) is 0 Å². The molecule has 0 aliphatic heterocycles. The number of benzene rings is 2. The number of carboxylic acid groups (broad SMARTS) is 1. The molecule has 0 spiro atoms. The van der Waals surface area contributed by atoms with Gasteiger partial charge in [0.25, 0.3) is 5.91 Å². The number of rotatable bonds is 5. The number of nitrogens with one attached hydrogen (secondary N) is 1. The van der Waals surface area contributed by atoms with E-state index in [-0.39, 0.29) is 16.3 Å². The number of aromatic nitrogens is 1. The highest BCUT2D eigenvalue weighted by molar-refractivity contribution is 6.33. The molecule has 3 aromatic rings. The molecule has 0 atom stereocenters. The van der Waals surface area contributed by atoms with Crippen LogP contribution in [0.4, 0.5) is 5.69 Å². The van der Waals surface area contributed by atoms with Crippen LogP contribution >= 0.6 is 11.6 Å². The van der Waals surface area contributed by atoms with Gasteiger partial charge in [0.1, 0.15) is 0 Å². The van der Waals surface area contributed by atoms with E-state index in [4.69, 9.17) is 21.3 Å². The van der Waals surface area contributed by atoms with Crippen LogP contribution < -0.4 is 5.32 Å². The molecule has 33 heavy (non-hydrogen) atoms. The molecular formula is C25H23ClN2O5. The van der Waals surface area contributed by atoms with Crippen molar-refractivity contribution in [2.75, 3.05) is 11.9 Å². The first-order valence-electron chi connectivity index (χ1n) is 10.8. The first kappa shape index (κ1) is 22.7. The summed E-state index contributed by atoms with van der Waals surface area (Å²) in [5.74, 6) is -2.35. The topological polar surface area (TPSA) is 106 Å². The second-order valence-electron chi connectivity index (χ2n) is 7.97. The number of aromatic carboxylic acids is 1. The maximum atomic E-state index is 13.1. The number of hydrogen-bond donors (Lipinski definition) is 2. The minimum Gasteiger partial charge on any atom is -0.478 e. The van der Waals surface area contributed by atoms with Crippen molar-refractivity contribution in [1.82, 2.24) is 4.98 Å². The van der Waals surface area contributed by atoms with E-state index in [1.54, 1.807) is 0 Å². The molecule has 8 heteroatoms. The van der Waals surface area contributed by atoms with Crippen molar-refractivity contribution < 1.29 is 24.2 Å². The maximum absolute atomic E-state index is 13.1. The fourth-order valence-electron chi connectivity index (χ4n) is 4.13. The minimum absolute atomic E-state index is 0.0629. The molecule has 1 heterocycles. The van der Waals surface area contributed by atoms with Gasteiger partial charge in [-0.3, -0.25) is 9.78 Å². The van der Waals surface area contributed by atoms with Gasteiger partial charge in [-0.1, -0.05) is 42.6 Å². The Hall–Kier alpha value is -3.45. The van der Waals surface area contributed by atoms with Crippen LogP contribution in [0.25, 0.3) is 10.9 Å². The van der Waals surface area contributed by atoms with E-state index in [1.165, 1.54) is 18.2 Å². The zero-order chi connectivity index (χ0) is 23.4. The summed E-state index contributed by atoms with van der Waals surface area (Å²) in [6, 6.07) is 11.6. The zero-order valence-corrected chi connectivity index (χ0v) is 18.7. The van der Waals surface area contributed by atoms with Crippen molar-refractivity contribution in [2.24, 2.45) is 0 Å². The van der Waals surface area contributed by atoms with Crippen LogP contribution in [0.2, 0.25) is 5.02 Å². The Morgan fingerprint density at radius 3 is 2.58 bits per heavy atom. The predicted octanol–water partition coefficient (Wildman–Crippen LogP) is 5.04. The summed E-state index contributed by atoms with van der Waals surface area (Å²) in [6.45, 7) is -0.505. The summed E-state index contributed by atoms with van der Waals surface area (Å²) in [7, 11) is 0. The van der Waals surface area contributed by atoms with Gasteiger partial charge in [0.2, 0.25) is 0 Å². The van der Waals surface area contributed by atoms with E-state index in [1.807, 2.05) is 24.3 Å². The Labute approximate surface area is 195 Å². The van der Waals surface area contributed by atoms with Gasteiger partial charge in [0, 0.05) is 16.8 Å². The molecule has 7 nitrogen and oxygen atoms in total. The lowest BCUT2D eigenvalue weighted by Gasteiger charge is -2.18. The largest absolute Gasteiger partial charge is 0.478 e. The lowest BCUT2D eigenvalue weighted by molar-refractivity contribution is -0.119. The number of para-hydroxylation sites is 1. The number of carbonyl (C=O) groups excluding carboxylic acids is 2. The highest BCUT2D eigenvalue weighted by Gasteiger charge is 2.23. The summed E-state index contributed by atoms with van der Waals surface area (Å²) in [4.78, 5) is 41.6. The highest BCUT2D eigenvalue weighted by atomic mass is 35.5. The number of halogens is 1. The number of pyridine rings is 1. The van der Waals surface area contributed by atoms with E-state index in [0.29, 0.717) is 10.9 Å². The normalized spacial score (nSPS) is 13.5. The first-order valence-corrected chi connectivity index (χ1v) is 11.2. The molecule has 0 fully saturated rings. The summed E-state index contributed by atoms with van der Waals surface area (Å²) in [5, 5.41) is 12.5. The lowest BCUT2D eigenvalue weighted by Crippen LogP contribution is -2.22. The molecule has 1 aliphatic carbocycles. The van der Waals surface area contributed by atoms with E-state index in [9.17, 15) is 19.5 Å². The molecule has 1 aromatic heterocycles. The molecule has 1 amide bonds. The number of anilines is 1. The Morgan fingerprint density at radius 1 is 1.03 bits per heavy atom. The molecule has 0 saturated carbocycles. The number of ether oxygens (including phenoxy) is 1. The standard InChI is InChI=1S/C25H23ClN2O5/c26-19-12-11-15(13-18(19)24(30)31)27-22(29)14-33-25(32)23-16-7-3-1-2-4-9-20(16)28-21-10-6-5-8-17(21)23/h5-6,8,10-13H,1-4,7,9,14H2,(H,27,29)(H,30,31). The molecule has 0 bridgehead atoms. The number of hydrogen-bond acceptors (Lipinski definition) is 5. The van der Waals surface area contributed by atoms with Gasteiger partial charge in [0.05, 0.1) is 21.7 Å². The van der Waals surface area contributed by atoms with Crippen molar-refractivity contribution >= 4 is 46.0 Å². The van der Waals surface area contributed by atoms with Gasteiger partial charge in [0.15, 0.2) is 6.61 Å². The Bertz CT molecular complexity index is 1240. The SMILES string of the molecule is O=C(COC(=O)c1c2c(nc3ccccc13)CCCCCC2)Nc1ccc(Cl)c(C(=O)O)c1. The van der Waals surface area contributed by atoms with Gasteiger partial charge in [-0.15, -0.1) is 0 Å². The van der Waals surface area contributed by atoms with Gasteiger partial charge in [-0.05, 0) is 55.5 Å². The molecule has 4 rings (SSSR count). The monoisotopic (exact) mass is 466 g/mol. The molecule has 2 N–H and O–H groups in total. The van der Waals surface area contributed by atoms with Crippen molar-refractivity contribution in [3.8, 4) is 0 Å². The van der Waals surface area contributed by atoms with E-state index < -0.39 is 24.5 Å². The number of aryl methyl sites for hydroxylation is 1. The summed E-state index contributed by atoms with van der Waals surface area (Å²) in [5.41, 5.74) is 3.15. The third-order valence-electron chi connectivity index (χ3n) is 5.69. The average molecular weight is 467 g/mol. The number of fused-ring (bicyclic) bond motifs is 2. The fourth-order valence-corrected chi connectivity index (χ4v) is 4.32. The predicted molar refractivity (Wildman–Crippen MR) is 125 cm³/mol. The van der Waals surface area contributed by atoms with E-state index >= 15 is 0 Å². The van der Waals surface area contributed by atoms with Gasteiger partial charge in [-0.2, -0.15) is 0 Å². The minimum atomic E-state index is -1.21. The second-order valence-corrected chi connectivity index (χ2v) is 8.37. The van der Waals surface area contributed by atoms with Gasteiger partial charge >= 0.3 is 11.9 Å². The number of nitrogens with zero attached hydrogens (tertiary/aromatic N) is 1. The van der Waals surface area contributed by atoms with Crippen LogP contribution in [0, 0.1) is 0 Å². The summed E-state index contributed by atoms with van der Waals surface area (Å²) < 4.78 is 5.39. The molecule has 2 aromatic carbocycles. The number of carbonyl (C=O) groups is 3. The van der Waals surface area contributed by atoms with Crippen molar-refractivity contribution in [2.45, 2.75) is 38.5 Å². The van der Waals surface area contributed by atoms with Crippen LogP contribution in [0.3, 0.4) is 0 Å². The Morgan fingerprint density at radius 2 is 1.79 bits per heavy atom. The van der Waals surface area contributed by atoms with Crippen molar-refractivity contribution in [3.63, 3.8) is 0 Å². The molecule has 0 radical (unpaired) electrons. The molecule has 0 saturated heterocycles. The molecule has 1 aliphatic rings. The second kappa shape index (κ2) is 10.0. The Balaban J connectivity index is 1.54. The maximum Gasteiger partial charge on any atom is 0.339 e. The zero-order valence-electron chi connectivity index (χ0n) is 17.9. The average Bonchev–Trinajstić information content (AvgIpc) is 2.78. The van der Waals surface area contributed by atoms with Crippen LogP contribution in [0.15, 0.2) is 42.5 Å². The first-order chi connectivity index (χ1) is 15.9. The number of amides is 1. The van der Waals surface area contributed by atoms with Crippen LogP contribution in [0.5, 0.6) is 0 Å². The third-order valence-corrected chi connectivity index (χ3v) is 6.02. The van der Waals surface area contributed by atoms with Gasteiger partial charge in [-0.25, -0.2) is 9.59 Å². The quantitative estimate of drug-likeness (QED) is 0.510. The smallest absolute Gasteiger partial charge is 0.339 e. The van der Waals surface area contributed by atoms with E-state index in [0.717, 1.165) is 55.3 Å². The van der Waals surface area contributed by atoms with Crippen LogP contribution in [-0.4, -0.2) is 34.5 Å². The van der Waals surface area contributed by atoms with Gasteiger partial charge < -0.3 is 15.2 Å². The summed E-state index contributed by atoms with van der Waals surface area (Å²) in [6.07, 6.45) is 5.78. The highest BCUT2D eigenvalue weighted by Crippen LogP contribution is 2.29. The fraction of sp³-hybridized carbons (Fsp3) is 0.280. The third kappa shape index (κ3) is 5.14. The van der Waals surface area contributed by atoms with Crippen LogP contribution in [-0.2, 0) is 22.4 Å². The molecular weight excluding hydrogens is 444 g/mol. The summed E-state index contributed by atoms with van der Waals surface area (Å²) >= 11 is 5.86. The molecule has 0 unspecified atom stereocenters. The van der Waals surface area contributed by atoms with Crippen molar-refractivity contribution in [3.05, 3.63) is 69.9 Å².